The molecule has 2 aromatic carbocycles. The van der Waals surface area contributed by atoms with Gasteiger partial charge >= 0.3 is 6.09 Å². The summed E-state index contributed by atoms with van der Waals surface area (Å²) >= 11 is 0. The van der Waals surface area contributed by atoms with Crippen molar-refractivity contribution in [1.82, 2.24) is 30.1 Å². The van der Waals surface area contributed by atoms with E-state index in [4.69, 9.17) is 19.2 Å². The van der Waals surface area contributed by atoms with Gasteiger partial charge in [-0.25, -0.2) is 18.2 Å². The number of benzene rings is 2. The Balaban J connectivity index is 1.32. The summed E-state index contributed by atoms with van der Waals surface area (Å²) in [6.45, 7) is 8.72. The molecule has 1 aliphatic carbocycles. The molecular formula is C42H52N6O11S. The molecule has 2 saturated heterocycles. The zero-order chi connectivity index (χ0) is 43.4. The number of hydrogen-bond acceptors (Lipinski definition) is 12. The summed E-state index contributed by atoms with van der Waals surface area (Å²) in [6, 6.07) is 12.7. The van der Waals surface area contributed by atoms with Gasteiger partial charge in [0.1, 0.15) is 41.5 Å². The molecule has 3 fully saturated rings. The zero-order valence-electron chi connectivity index (χ0n) is 34.1. The lowest BCUT2D eigenvalue weighted by Crippen LogP contribution is -2.58. The lowest BCUT2D eigenvalue weighted by atomic mass is 10.1. The number of likely N-dealkylation sites (tertiary alicyclic amines) is 2. The SMILES string of the molecule is C=CCC(NC(=O)C1CC(Oc2cc(-c3ccccc3)nc3cc(OC)ccc23)CN1C(=O)C(CCC(=O)N1CCC1=O)NC(=O)OC(C)(C)C)C(O)NS(=O)(=O)C1CC1. The van der Waals surface area contributed by atoms with Crippen molar-refractivity contribution in [3.8, 4) is 22.8 Å². The molecule has 5 amide bonds. The van der Waals surface area contributed by atoms with Gasteiger partial charge in [-0.3, -0.25) is 24.1 Å². The highest BCUT2D eigenvalue weighted by molar-refractivity contribution is 7.90. The predicted octanol–water partition coefficient (Wildman–Crippen LogP) is 3.15. The van der Waals surface area contributed by atoms with Crippen molar-refractivity contribution < 1.29 is 51.7 Å². The topological polar surface area (TPSA) is 223 Å². The van der Waals surface area contributed by atoms with Crippen molar-refractivity contribution in [1.29, 1.82) is 0 Å². The number of hydrogen-bond donors (Lipinski definition) is 4. The molecule has 0 bridgehead atoms. The van der Waals surface area contributed by atoms with Crippen molar-refractivity contribution in [3.05, 3.63) is 67.3 Å². The van der Waals surface area contributed by atoms with E-state index >= 15 is 0 Å². The number of ether oxygens (including phenoxy) is 3. The third kappa shape index (κ3) is 10.8. The van der Waals surface area contributed by atoms with E-state index in [0.717, 1.165) is 10.5 Å². The number of rotatable bonds is 17. The van der Waals surface area contributed by atoms with Gasteiger partial charge in [0.15, 0.2) is 0 Å². The van der Waals surface area contributed by atoms with Crippen molar-refractivity contribution in [2.75, 3.05) is 20.2 Å². The fourth-order valence-electron chi connectivity index (χ4n) is 7.05. The molecule has 17 nitrogen and oxygen atoms in total. The Bertz CT molecular complexity index is 2230. The van der Waals surface area contributed by atoms with Crippen molar-refractivity contribution in [2.24, 2.45) is 0 Å². The maximum absolute atomic E-state index is 14.7. The molecule has 0 radical (unpaired) electrons. The number of fused-ring (bicyclic) bond motifs is 1. The van der Waals surface area contributed by atoms with Crippen molar-refractivity contribution in [3.63, 3.8) is 0 Å². The third-order valence-corrected chi connectivity index (χ3v) is 12.3. The van der Waals surface area contributed by atoms with E-state index in [0.29, 0.717) is 40.9 Å². The van der Waals surface area contributed by atoms with Crippen LogP contribution in [-0.2, 0) is 33.9 Å². The van der Waals surface area contributed by atoms with Crippen LogP contribution in [-0.4, -0.2) is 120 Å². The Kier molecular flexibility index (Phi) is 13.5. The third-order valence-electron chi connectivity index (χ3n) is 10.4. The second-order valence-electron chi connectivity index (χ2n) is 16.1. The Hall–Kier alpha value is -5.59. The van der Waals surface area contributed by atoms with Crippen LogP contribution in [0.5, 0.6) is 11.5 Å². The Morgan fingerprint density at radius 1 is 1.07 bits per heavy atom. The van der Waals surface area contributed by atoms with Crippen LogP contribution in [0, 0.1) is 0 Å². The van der Waals surface area contributed by atoms with Gasteiger partial charge in [-0.2, -0.15) is 4.72 Å². The summed E-state index contributed by atoms with van der Waals surface area (Å²) in [5.74, 6) is -1.36. The molecule has 1 saturated carbocycles. The van der Waals surface area contributed by atoms with Gasteiger partial charge in [-0.05, 0) is 58.6 Å². The zero-order valence-corrected chi connectivity index (χ0v) is 34.9. The lowest BCUT2D eigenvalue weighted by Gasteiger charge is -2.32. The highest BCUT2D eigenvalue weighted by Gasteiger charge is 2.45. The maximum atomic E-state index is 14.7. The summed E-state index contributed by atoms with van der Waals surface area (Å²) in [6.07, 6.45) is -1.53. The molecule has 4 N–H and O–H groups in total. The number of carbonyl (C=O) groups is 5. The highest BCUT2D eigenvalue weighted by Crippen LogP contribution is 2.35. The van der Waals surface area contributed by atoms with Gasteiger partial charge in [-0.1, -0.05) is 36.4 Å². The van der Waals surface area contributed by atoms with E-state index in [9.17, 15) is 37.5 Å². The van der Waals surface area contributed by atoms with E-state index in [1.165, 1.54) is 11.0 Å². The van der Waals surface area contributed by atoms with Crippen LogP contribution in [0.3, 0.4) is 0 Å². The van der Waals surface area contributed by atoms with Crippen LogP contribution in [0.4, 0.5) is 4.79 Å². The molecule has 2 aliphatic heterocycles. The minimum atomic E-state index is -3.86. The van der Waals surface area contributed by atoms with Gasteiger partial charge in [0.05, 0.1) is 36.2 Å². The molecule has 322 valence electrons. The normalized spacial score (nSPS) is 19.4. The van der Waals surface area contributed by atoms with Gasteiger partial charge in [-0.15, -0.1) is 6.58 Å². The van der Waals surface area contributed by atoms with Crippen LogP contribution in [0.2, 0.25) is 0 Å². The maximum Gasteiger partial charge on any atom is 0.408 e. The number of carbonyl (C=O) groups excluding carboxylic acids is 5. The van der Waals surface area contributed by atoms with Crippen LogP contribution < -0.4 is 24.8 Å². The number of methoxy groups -OCH3 is 1. The average molecular weight is 849 g/mol. The van der Waals surface area contributed by atoms with E-state index in [2.05, 4.69) is 21.9 Å². The first-order valence-corrected chi connectivity index (χ1v) is 21.5. The van der Waals surface area contributed by atoms with Crippen LogP contribution in [0.1, 0.15) is 65.7 Å². The summed E-state index contributed by atoms with van der Waals surface area (Å²) in [5, 5.41) is 16.3. The Labute approximate surface area is 348 Å². The number of pyridine rings is 1. The molecule has 1 aromatic heterocycles. The number of aliphatic hydroxyl groups is 1. The average Bonchev–Trinajstić information content (AvgIpc) is 3.98. The number of amides is 5. The number of aromatic nitrogens is 1. The van der Waals surface area contributed by atoms with E-state index in [1.54, 1.807) is 52.1 Å². The van der Waals surface area contributed by atoms with Crippen LogP contribution in [0.25, 0.3) is 22.2 Å². The summed E-state index contributed by atoms with van der Waals surface area (Å²) < 4.78 is 45.2. The van der Waals surface area contributed by atoms with Crippen LogP contribution >= 0.6 is 0 Å². The van der Waals surface area contributed by atoms with E-state index < -0.39 is 75.1 Å². The van der Waals surface area contributed by atoms with Gasteiger partial charge in [0, 0.05) is 48.9 Å². The number of nitrogens with zero attached hydrogens (tertiary/aromatic N) is 3. The molecule has 60 heavy (non-hydrogen) atoms. The lowest BCUT2D eigenvalue weighted by molar-refractivity contribution is -0.152. The number of aliphatic hydroxyl groups excluding tert-OH is 1. The van der Waals surface area contributed by atoms with Crippen molar-refractivity contribution in [2.45, 2.75) is 107 Å². The summed E-state index contributed by atoms with van der Waals surface area (Å²) in [7, 11) is -2.32. The number of β-lactam (4-membered cyclic amide) rings is 1. The monoisotopic (exact) mass is 848 g/mol. The molecule has 18 heteroatoms. The molecule has 3 heterocycles. The van der Waals surface area contributed by atoms with E-state index in [1.807, 2.05) is 30.3 Å². The predicted molar refractivity (Wildman–Crippen MR) is 220 cm³/mol. The molecule has 3 aromatic rings. The molecule has 5 atom stereocenters. The minimum absolute atomic E-state index is 0.0322. The standard InChI is InChI=1S/C42H52N6O11S/c1-6-10-30(38(51)46-60(55,56)28-14-15-28)44-39(52)34-22-27(58-35-23-32(25-11-8-7-9-12-25)43-33-21-26(57-5)13-16-29(33)35)24-48(34)40(53)31(45-41(54)59-42(2,3)4)17-18-36(49)47-20-19-37(47)50/h6-9,11-13,16,21,23,27-28,30-31,34,38,46,51H,1,10,14-15,17-20,22,24H2,2-5H3,(H,44,52)(H,45,54). The fourth-order valence-corrected chi connectivity index (χ4v) is 8.50. The molecule has 6 rings (SSSR count). The number of imide groups is 1. The summed E-state index contributed by atoms with van der Waals surface area (Å²) in [4.78, 5) is 74.3. The second kappa shape index (κ2) is 18.4. The molecule has 0 spiro atoms. The van der Waals surface area contributed by atoms with E-state index in [-0.39, 0.29) is 51.1 Å². The first-order chi connectivity index (χ1) is 28.5. The summed E-state index contributed by atoms with van der Waals surface area (Å²) in [5.41, 5.74) is 1.02. The quantitative estimate of drug-likeness (QED) is 0.0874. The van der Waals surface area contributed by atoms with Gasteiger partial charge in [0.25, 0.3) is 0 Å². The minimum Gasteiger partial charge on any atom is -0.497 e. The smallest absolute Gasteiger partial charge is 0.408 e. The second-order valence-corrected chi connectivity index (χ2v) is 18.1. The van der Waals surface area contributed by atoms with Crippen molar-refractivity contribution >= 4 is 50.6 Å². The van der Waals surface area contributed by atoms with Gasteiger partial charge in [0.2, 0.25) is 33.7 Å². The van der Waals surface area contributed by atoms with Crippen LogP contribution in [0.15, 0.2) is 67.3 Å². The molecule has 5 unspecified atom stereocenters. The largest absolute Gasteiger partial charge is 0.497 e. The molecule has 3 aliphatic rings. The Morgan fingerprint density at radius 3 is 2.42 bits per heavy atom. The number of alkyl carbamates (subject to hydrolysis) is 1. The van der Waals surface area contributed by atoms with Gasteiger partial charge < -0.3 is 34.9 Å². The fraction of sp³-hybridized carbons (Fsp3) is 0.476. The highest BCUT2D eigenvalue weighted by atomic mass is 32.2. The first-order valence-electron chi connectivity index (χ1n) is 19.9. The number of nitrogens with one attached hydrogen (secondary N) is 3. The molecular weight excluding hydrogens is 797 g/mol. The first kappa shape index (κ1) is 44.0. The Morgan fingerprint density at radius 2 is 1.80 bits per heavy atom. The number of sulfonamides is 1.